The number of carbonyl (C=O) groups excluding carboxylic acids is 1. The fraction of sp³-hybridized carbons (Fsp3) is 0.462. The topological polar surface area (TPSA) is 75.3 Å². The van der Waals surface area contributed by atoms with Gasteiger partial charge in [0.15, 0.2) is 0 Å². The van der Waals surface area contributed by atoms with Crippen LogP contribution < -0.4 is 11.1 Å². The van der Waals surface area contributed by atoms with Crippen LogP contribution in [-0.2, 0) is 0 Å². The van der Waals surface area contributed by atoms with Gasteiger partial charge in [0, 0.05) is 17.5 Å². The maximum absolute atomic E-state index is 13.5. The molecule has 0 bridgehead atoms. The highest BCUT2D eigenvalue weighted by molar-refractivity contribution is 5.97. The smallest absolute Gasteiger partial charge is 0.258 e. The summed E-state index contributed by atoms with van der Waals surface area (Å²) in [5.74, 6) is -1.68. The first-order valence-electron chi connectivity index (χ1n) is 5.88. The lowest BCUT2D eigenvalue weighted by molar-refractivity contribution is 0.0582. The molecule has 0 heterocycles. The van der Waals surface area contributed by atoms with Gasteiger partial charge in [0.05, 0.1) is 0 Å². The van der Waals surface area contributed by atoms with E-state index in [2.05, 4.69) is 5.32 Å². The van der Waals surface area contributed by atoms with E-state index >= 15 is 0 Å². The number of phenolic OH excluding ortho intramolecular Hbond substituents is 1. The van der Waals surface area contributed by atoms with Crippen molar-refractivity contribution in [2.24, 2.45) is 11.1 Å². The minimum Gasteiger partial charge on any atom is -0.507 e. The van der Waals surface area contributed by atoms with Crippen LogP contribution in [-0.4, -0.2) is 23.1 Å². The second kappa shape index (κ2) is 4.24. The summed E-state index contributed by atoms with van der Waals surface area (Å²) in [7, 11) is 0. The van der Waals surface area contributed by atoms with Crippen molar-refractivity contribution in [3.63, 3.8) is 0 Å². The molecule has 0 radical (unpaired) electrons. The van der Waals surface area contributed by atoms with Gasteiger partial charge in [0.25, 0.3) is 5.91 Å². The number of benzene rings is 1. The van der Waals surface area contributed by atoms with Gasteiger partial charge in [-0.25, -0.2) is 4.39 Å². The molecule has 2 atom stereocenters. The Morgan fingerprint density at radius 1 is 1.56 bits per heavy atom. The highest BCUT2D eigenvalue weighted by Gasteiger charge is 2.46. The highest BCUT2D eigenvalue weighted by atomic mass is 19.1. The van der Waals surface area contributed by atoms with Crippen LogP contribution in [0, 0.1) is 11.2 Å². The van der Waals surface area contributed by atoms with Crippen molar-refractivity contribution < 1.29 is 14.3 Å². The Kier molecular flexibility index (Phi) is 3.02. The molecule has 0 spiro atoms. The monoisotopic (exact) mass is 252 g/mol. The van der Waals surface area contributed by atoms with Gasteiger partial charge < -0.3 is 16.2 Å². The molecule has 98 valence electrons. The third-order valence-corrected chi connectivity index (χ3v) is 3.87. The Morgan fingerprint density at radius 3 is 2.72 bits per heavy atom. The zero-order chi connectivity index (χ0) is 13.5. The van der Waals surface area contributed by atoms with Gasteiger partial charge in [-0.1, -0.05) is 19.9 Å². The fourth-order valence-electron chi connectivity index (χ4n) is 2.17. The summed E-state index contributed by atoms with van der Waals surface area (Å²) in [6, 6.07) is 3.71. The molecule has 1 fully saturated rings. The van der Waals surface area contributed by atoms with E-state index in [1.54, 1.807) is 0 Å². The van der Waals surface area contributed by atoms with Gasteiger partial charge >= 0.3 is 0 Å². The lowest BCUT2D eigenvalue weighted by atomic mass is 9.63. The normalized spacial score (nSPS) is 25.3. The number of halogens is 1. The number of rotatable bonds is 2. The molecule has 4 N–H and O–H groups in total. The number of hydrogen-bond acceptors (Lipinski definition) is 3. The molecule has 18 heavy (non-hydrogen) atoms. The zero-order valence-corrected chi connectivity index (χ0v) is 10.4. The molecular weight excluding hydrogens is 235 g/mol. The van der Waals surface area contributed by atoms with Gasteiger partial charge in [-0.3, -0.25) is 4.79 Å². The van der Waals surface area contributed by atoms with E-state index in [9.17, 15) is 14.3 Å². The molecule has 1 aliphatic carbocycles. The summed E-state index contributed by atoms with van der Waals surface area (Å²) in [5.41, 5.74) is 5.32. The first-order chi connectivity index (χ1) is 8.34. The molecule has 1 saturated carbocycles. The summed E-state index contributed by atoms with van der Waals surface area (Å²) in [5, 5.41) is 12.2. The molecule has 5 heteroatoms. The van der Waals surface area contributed by atoms with Crippen LogP contribution in [0.1, 0.15) is 30.6 Å². The molecule has 1 amide bonds. The van der Waals surface area contributed by atoms with Crippen molar-refractivity contribution in [1.82, 2.24) is 5.32 Å². The van der Waals surface area contributed by atoms with E-state index < -0.39 is 11.7 Å². The van der Waals surface area contributed by atoms with Gasteiger partial charge in [-0.15, -0.1) is 0 Å². The Morgan fingerprint density at radius 2 is 2.22 bits per heavy atom. The maximum atomic E-state index is 13.5. The number of phenols is 1. The largest absolute Gasteiger partial charge is 0.507 e. The van der Waals surface area contributed by atoms with Crippen LogP contribution in [0.15, 0.2) is 18.2 Å². The van der Waals surface area contributed by atoms with Crippen LogP contribution in [0.3, 0.4) is 0 Å². The number of nitrogens with one attached hydrogen (secondary N) is 1. The Hall–Kier alpha value is -1.62. The average molecular weight is 252 g/mol. The molecule has 0 aliphatic heterocycles. The van der Waals surface area contributed by atoms with E-state index in [4.69, 9.17) is 5.73 Å². The van der Waals surface area contributed by atoms with E-state index in [1.807, 2.05) is 13.8 Å². The summed E-state index contributed by atoms with van der Waals surface area (Å²) in [6.45, 7) is 3.90. The summed E-state index contributed by atoms with van der Waals surface area (Å²) >= 11 is 0. The van der Waals surface area contributed by atoms with E-state index in [0.717, 1.165) is 6.07 Å². The van der Waals surface area contributed by atoms with Crippen molar-refractivity contribution >= 4 is 5.91 Å². The maximum Gasteiger partial charge on any atom is 0.258 e. The van der Waals surface area contributed by atoms with E-state index in [1.165, 1.54) is 12.1 Å². The third kappa shape index (κ3) is 1.95. The molecular formula is C13H17FN2O2. The lowest BCUT2D eigenvalue weighted by Crippen LogP contribution is -2.64. The minimum absolute atomic E-state index is 0.0250. The van der Waals surface area contributed by atoms with Crippen LogP contribution in [0.4, 0.5) is 4.39 Å². The molecule has 0 aromatic heterocycles. The van der Waals surface area contributed by atoms with E-state index in [0.29, 0.717) is 6.42 Å². The highest BCUT2D eigenvalue weighted by Crippen LogP contribution is 2.39. The van der Waals surface area contributed by atoms with Crippen molar-refractivity contribution in [1.29, 1.82) is 0 Å². The second-order valence-corrected chi connectivity index (χ2v) is 5.32. The van der Waals surface area contributed by atoms with Crippen molar-refractivity contribution in [2.45, 2.75) is 32.4 Å². The average Bonchev–Trinajstić information content (AvgIpc) is 2.28. The van der Waals surface area contributed by atoms with Crippen molar-refractivity contribution in [3.05, 3.63) is 29.6 Å². The van der Waals surface area contributed by atoms with Crippen LogP contribution in [0.2, 0.25) is 0 Å². The Bertz CT molecular complexity index is 468. The third-order valence-electron chi connectivity index (χ3n) is 3.87. The standard InChI is InChI=1S/C13H17FN2O2/c1-13(2)9(15)6-10(13)16-12(18)11-7(14)4-3-5-8(11)17/h3-5,9-10,17H,6,15H2,1-2H3,(H,16,18). The minimum atomic E-state index is -0.728. The number of amides is 1. The summed E-state index contributed by atoms with van der Waals surface area (Å²) in [6.07, 6.45) is 0.661. The Labute approximate surface area is 105 Å². The molecule has 4 nitrogen and oxygen atoms in total. The molecule has 1 aliphatic rings. The molecule has 2 rings (SSSR count). The SMILES string of the molecule is CC1(C)C(N)CC1NC(=O)c1c(O)cccc1F. The molecule has 1 aromatic rings. The Balaban J connectivity index is 2.14. The summed E-state index contributed by atoms with van der Waals surface area (Å²) < 4.78 is 13.5. The fourth-order valence-corrected chi connectivity index (χ4v) is 2.17. The molecule has 1 aromatic carbocycles. The molecule has 0 saturated heterocycles. The van der Waals surface area contributed by atoms with Crippen LogP contribution >= 0.6 is 0 Å². The predicted molar refractivity (Wildman–Crippen MR) is 65.7 cm³/mol. The van der Waals surface area contributed by atoms with Gasteiger partial charge in [-0.05, 0) is 18.6 Å². The van der Waals surface area contributed by atoms with E-state index in [-0.39, 0.29) is 28.8 Å². The number of nitrogens with two attached hydrogens (primary N) is 1. The molecule has 2 unspecified atom stereocenters. The lowest BCUT2D eigenvalue weighted by Gasteiger charge is -2.50. The van der Waals surface area contributed by atoms with Gasteiger partial charge in [0.1, 0.15) is 17.1 Å². The predicted octanol–water partition coefficient (Wildman–Crippen LogP) is 1.39. The van der Waals surface area contributed by atoms with Crippen molar-refractivity contribution in [3.8, 4) is 5.75 Å². The quantitative estimate of drug-likeness (QED) is 0.744. The van der Waals surface area contributed by atoms with Gasteiger partial charge in [0.2, 0.25) is 0 Å². The number of aromatic hydroxyl groups is 1. The van der Waals surface area contributed by atoms with Gasteiger partial charge in [-0.2, -0.15) is 0 Å². The number of carbonyl (C=O) groups is 1. The zero-order valence-electron chi connectivity index (χ0n) is 10.4. The summed E-state index contributed by atoms with van der Waals surface area (Å²) in [4.78, 5) is 11.9. The second-order valence-electron chi connectivity index (χ2n) is 5.32. The number of hydrogen-bond donors (Lipinski definition) is 3. The first-order valence-corrected chi connectivity index (χ1v) is 5.88. The van der Waals surface area contributed by atoms with Crippen LogP contribution in [0.25, 0.3) is 0 Å². The van der Waals surface area contributed by atoms with Crippen LogP contribution in [0.5, 0.6) is 5.75 Å². The first kappa shape index (κ1) is 12.8. The van der Waals surface area contributed by atoms with Crippen molar-refractivity contribution in [2.75, 3.05) is 0 Å².